The molecule has 138 valence electrons. The van der Waals surface area contributed by atoms with Crippen molar-refractivity contribution in [3.05, 3.63) is 34.1 Å². The second kappa shape index (κ2) is 13.8. The van der Waals surface area contributed by atoms with Crippen LogP contribution in [0.4, 0.5) is 4.39 Å². The van der Waals surface area contributed by atoms with E-state index in [-0.39, 0.29) is 29.8 Å². The van der Waals surface area contributed by atoms with Crippen molar-refractivity contribution in [1.82, 2.24) is 15.5 Å². The van der Waals surface area contributed by atoms with Gasteiger partial charge < -0.3 is 20.3 Å². The summed E-state index contributed by atoms with van der Waals surface area (Å²) in [7, 11) is 5.52. The summed E-state index contributed by atoms with van der Waals surface area (Å²) in [5.74, 6) is 0.456. The number of methoxy groups -OCH3 is 1. The maximum Gasteiger partial charge on any atom is 0.191 e. The smallest absolute Gasteiger partial charge is 0.191 e. The highest BCUT2D eigenvalue weighted by Crippen LogP contribution is 2.17. The first-order valence-electron chi connectivity index (χ1n) is 7.62. The van der Waals surface area contributed by atoms with E-state index in [1.54, 1.807) is 20.2 Å². The lowest BCUT2D eigenvalue weighted by Gasteiger charge is -2.18. The van der Waals surface area contributed by atoms with E-state index in [1.165, 1.54) is 12.1 Å². The first kappa shape index (κ1) is 23.5. The van der Waals surface area contributed by atoms with Gasteiger partial charge in [-0.05, 0) is 37.2 Å². The molecule has 0 heterocycles. The van der Waals surface area contributed by atoms with Crippen molar-refractivity contribution in [2.75, 3.05) is 47.4 Å². The van der Waals surface area contributed by atoms with Crippen LogP contribution in [0.5, 0.6) is 0 Å². The molecule has 0 aromatic heterocycles. The van der Waals surface area contributed by atoms with Crippen LogP contribution in [0.3, 0.4) is 0 Å². The maximum atomic E-state index is 13.3. The summed E-state index contributed by atoms with van der Waals surface area (Å²) in [5, 5.41) is 6.44. The summed E-state index contributed by atoms with van der Waals surface area (Å²) < 4.78 is 19.2. The normalized spacial score (nSPS) is 11.3. The third-order valence-corrected chi connectivity index (χ3v) is 4.13. The molecule has 24 heavy (non-hydrogen) atoms. The van der Waals surface area contributed by atoms with E-state index in [2.05, 4.69) is 43.5 Å². The lowest BCUT2D eigenvalue weighted by Crippen LogP contribution is -2.40. The van der Waals surface area contributed by atoms with E-state index >= 15 is 0 Å². The lowest BCUT2D eigenvalue weighted by molar-refractivity contribution is 0.180. The number of rotatable bonds is 9. The van der Waals surface area contributed by atoms with Gasteiger partial charge in [-0.15, -0.1) is 24.0 Å². The largest absolute Gasteiger partial charge is 0.385 e. The molecule has 8 heteroatoms. The summed E-state index contributed by atoms with van der Waals surface area (Å²) in [4.78, 5) is 6.41. The second-order valence-electron chi connectivity index (χ2n) is 5.24. The Morgan fingerprint density at radius 1 is 1.33 bits per heavy atom. The van der Waals surface area contributed by atoms with Crippen LogP contribution < -0.4 is 10.6 Å². The van der Waals surface area contributed by atoms with Gasteiger partial charge in [0, 0.05) is 51.4 Å². The molecular formula is C16H27BrFIN4O. The van der Waals surface area contributed by atoms with Gasteiger partial charge in [-0.1, -0.05) is 15.9 Å². The Labute approximate surface area is 169 Å². The van der Waals surface area contributed by atoms with E-state index in [0.717, 1.165) is 42.7 Å². The molecule has 2 N–H and O–H groups in total. The number of benzene rings is 1. The third kappa shape index (κ3) is 9.75. The van der Waals surface area contributed by atoms with Crippen LogP contribution in [0.1, 0.15) is 12.0 Å². The van der Waals surface area contributed by atoms with Crippen molar-refractivity contribution in [3.8, 4) is 0 Å². The molecule has 1 aromatic rings. The lowest BCUT2D eigenvalue weighted by atomic mass is 10.2. The zero-order valence-corrected chi connectivity index (χ0v) is 18.4. The van der Waals surface area contributed by atoms with Gasteiger partial charge in [0.15, 0.2) is 5.96 Å². The van der Waals surface area contributed by atoms with Gasteiger partial charge in [0.05, 0.1) is 0 Å². The molecule has 0 unspecified atom stereocenters. The van der Waals surface area contributed by atoms with Gasteiger partial charge in [0.2, 0.25) is 0 Å². The average Bonchev–Trinajstić information content (AvgIpc) is 2.54. The SMILES string of the molecule is CN=C(NCCN(C)CCCOC)NCc1cc(F)ccc1Br.I. The number of aliphatic imine (C=N–C) groups is 1. The molecule has 0 atom stereocenters. The predicted octanol–water partition coefficient (Wildman–Crippen LogP) is 2.84. The third-order valence-electron chi connectivity index (χ3n) is 3.35. The van der Waals surface area contributed by atoms with Crippen molar-refractivity contribution in [2.45, 2.75) is 13.0 Å². The van der Waals surface area contributed by atoms with E-state index < -0.39 is 0 Å². The van der Waals surface area contributed by atoms with Crippen LogP contribution in [0, 0.1) is 5.82 Å². The Morgan fingerprint density at radius 3 is 2.75 bits per heavy atom. The molecule has 0 saturated heterocycles. The maximum absolute atomic E-state index is 13.3. The number of guanidine groups is 1. The van der Waals surface area contributed by atoms with Gasteiger partial charge in [0.25, 0.3) is 0 Å². The number of nitrogens with one attached hydrogen (secondary N) is 2. The first-order valence-corrected chi connectivity index (χ1v) is 8.42. The highest BCUT2D eigenvalue weighted by atomic mass is 127. The fourth-order valence-electron chi connectivity index (χ4n) is 2.03. The quantitative estimate of drug-likeness (QED) is 0.229. The molecule has 0 amide bonds. The molecular weight excluding hydrogens is 490 g/mol. The summed E-state index contributed by atoms with van der Waals surface area (Å²) in [5.41, 5.74) is 0.852. The molecule has 1 aromatic carbocycles. The van der Waals surface area contributed by atoms with Gasteiger partial charge in [-0.25, -0.2) is 4.39 Å². The Balaban J connectivity index is 0.00000529. The molecule has 0 saturated carbocycles. The molecule has 5 nitrogen and oxygen atoms in total. The fourth-order valence-corrected chi connectivity index (χ4v) is 2.42. The Morgan fingerprint density at radius 2 is 2.08 bits per heavy atom. The topological polar surface area (TPSA) is 48.9 Å². The van der Waals surface area contributed by atoms with Gasteiger partial charge in [0.1, 0.15) is 5.82 Å². The zero-order valence-electron chi connectivity index (χ0n) is 14.4. The Bertz CT molecular complexity index is 505. The minimum Gasteiger partial charge on any atom is -0.385 e. The fraction of sp³-hybridized carbons (Fsp3) is 0.562. The molecule has 0 aliphatic rings. The van der Waals surface area contributed by atoms with Crippen LogP contribution in [0.25, 0.3) is 0 Å². The monoisotopic (exact) mass is 516 g/mol. The van der Waals surface area contributed by atoms with E-state index in [1.807, 2.05) is 0 Å². The van der Waals surface area contributed by atoms with Gasteiger partial charge in [-0.3, -0.25) is 4.99 Å². The van der Waals surface area contributed by atoms with Crippen molar-refractivity contribution in [2.24, 2.45) is 4.99 Å². The summed E-state index contributed by atoms with van der Waals surface area (Å²) in [6.07, 6.45) is 1.02. The molecule has 0 bridgehead atoms. The molecule has 0 fully saturated rings. The minimum atomic E-state index is -0.245. The standard InChI is InChI=1S/C16H26BrFN4O.HI/c1-19-16(20-7-9-22(2)8-4-10-23-3)21-12-13-11-14(18)5-6-15(13)17;/h5-6,11H,4,7-10,12H2,1-3H3,(H2,19,20,21);1H. The molecule has 1 rings (SSSR count). The summed E-state index contributed by atoms with van der Waals surface area (Å²) in [6.45, 7) is 3.98. The molecule has 0 aliphatic carbocycles. The highest BCUT2D eigenvalue weighted by Gasteiger charge is 2.04. The van der Waals surface area contributed by atoms with Gasteiger partial charge in [-0.2, -0.15) is 0 Å². The first-order chi connectivity index (χ1) is 11.1. The van der Waals surface area contributed by atoms with E-state index in [9.17, 15) is 4.39 Å². The van der Waals surface area contributed by atoms with E-state index in [0.29, 0.717) is 12.5 Å². The molecule has 0 radical (unpaired) electrons. The molecule has 0 spiro atoms. The Kier molecular flexibility index (Phi) is 13.5. The van der Waals surface area contributed by atoms with Crippen molar-refractivity contribution < 1.29 is 9.13 Å². The van der Waals surface area contributed by atoms with Crippen molar-refractivity contribution >= 4 is 45.9 Å². The molecule has 0 aliphatic heterocycles. The number of hydrogen-bond donors (Lipinski definition) is 2. The summed E-state index contributed by atoms with van der Waals surface area (Å²) in [6, 6.07) is 4.64. The van der Waals surface area contributed by atoms with Crippen LogP contribution in [0.2, 0.25) is 0 Å². The number of likely N-dealkylation sites (N-methyl/N-ethyl adjacent to an activating group) is 1. The van der Waals surface area contributed by atoms with Crippen LogP contribution >= 0.6 is 39.9 Å². The number of halogens is 3. The van der Waals surface area contributed by atoms with Crippen molar-refractivity contribution in [3.63, 3.8) is 0 Å². The number of nitrogens with zero attached hydrogens (tertiary/aromatic N) is 2. The average molecular weight is 517 g/mol. The zero-order chi connectivity index (χ0) is 17.1. The minimum absolute atomic E-state index is 0. The Hall–Kier alpha value is -0.450. The summed E-state index contributed by atoms with van der Waals surface area (Å²) >= 11 is 3.42. The van der Waals surface area contributed by atoms with Crippen LogP contribution in [-0.2, 0) is 11.3 Å². The van der Waals surface area contributed by atoms with Crippen molar-refractivity contribution in [1.29, 1.82) is 0 Å². The van der Waals surface area contributed by atoms with Crippen LogP contribution in [0.15, 0.2) is 27.7 Å². The second-order valence-corrected chi connectivity index (χ2v) is 6.09. The predicted molar refractivity (Wildman–Crippen MR) is 112 cm³/mol. The number of hydrogen-bond acceptors (Lipinski definition) is 3. The van der Waals surface area contributed by atoms with E-state index in [4.69, 9.17) is 4.74 Å². The van der Waals surface area contributed by atoms with Crippen LogP contribution in [-0.4, -0.2) is 58.3 Å². The van der Waals surface area contributed by atoms with Gasteiger partial charge >= 0.3 is 0 Å². The highest BCUT2D eigenvalue weighted by molar-refractivity contribution is 14.0. The number of ether oxygens (including phenoxy) is 1.